The third-order valence-corrected chi connectivity index (χ3v) is 11.8. The number of hydrogen-bond donors (Lipinski definition) is 5. The number of hydrogen-bond acceptors (Lipinski definition) is 8. The number of nitrogens with one attached hydrogen (secondary N) is 4. The van der Waals surface area contributed by atoms with Crippen LogP contribution in [0.3, 0.4) is 0 Å². The van der Waals surface area contributed by atoms with Crippen LogP contribution in [0.15, 0.2) is 0 Å². The van der Waals surface area contributed by atoms with Crippen LogP contribution in [0.2, 0.25) is 0 Å². The van der Waals surface area contributed by atoms with Crippen molar-refractivity contribution in [2.24, 2.45) is 0 Å². The van der Waals surface area contributed by atoms with Gasteiger partial charge in [-0.1, -0.05) is 182 Å². The van der Waals surface area contributed by atoms with E-state index in [9.17, 15) is 14.7 Å². The number of carbonyl (C=O) groups is 2. The van der Waals surface area contributed by atoms with Gasteiger partial charge < -0.3 is 35.8 Å². The van der Waals surface area contributed by atoms with Crippen molar-refractivity contribution in [3.63, 3.8) is 0 Å². The number of amides is 2. The van der Waals surface area contributed by atoms with Crippen molar-refractivity contribution in [2.75, 3.05) is 78.8 Å². The number of nitrogens with zero attached hydrogens (tertiary/aromatic N) is 1. The fraction of sp³-hybridized carbons (Fsp3) is 0.960. The summed E-state index contributed by atoms with van der Waals surface area (Å²) in [5, 5.41) is 23.0. The van der Waals surface area contributed by atoms with Gasteiger partial charge in [0.05, 0.1) is 33.0 Å². The van der Waals surface area contributed by atoms with Crippen LogP contribution in [0.5, 0.6) is 0 Å². The van der Waals surface area contributed by atoms with Gasteiger partial charge in [0.15, 0.2) is 0 Å². The van der Waals surface area contributed by atoms with Gasteiger partial charge in [0.2, 0.25) is 11.8 Å². The van der Waals surface area contributed by atoms with Gasteiger partial charge in [-0.25, -0.2) is 0 Å². The van der Waals surface area contributed by atoms with Crippen LogP contribution in [0.25, 0.3) is 0 Å². The lowest BCUT2D eigenvalue weighted by Gasteiger charge is -2.21. The number of carbonyl (C=O) groups excluding carboxylic acids is 2. The number of aliphatic hydroxyl groups is 1. The van der Waals surface area contributed by atoms with E-state index in [2.05, 4.69) is 53.9 Å². The first-order chi connectivity index (χ1) is 29.5. The molecule has 0 aliphatic heterocycles. The molecule has 10 nitrogen and oxygen atoms in total. The van der Waals surface area contributed by atoms with Crippen LogP contribution in [0.1, 0.15) is 220 Å². The van der Waals surface area contributed by atoms with Gasteiger partial charge >= 0.3 is 0 Å². The smallest absolute Gasteiger partial charge is 0.221 e. The topological polar surface area (TPSA) is 124 Å². The van der Waals surface area contributed by atoms with E-state index in [1.165, 1.54) is 154 Å². The van der Waals surface area contributed by atoms with E-state index in [0.717, 1.165) is 38.8 Å². The van der Waals surface area contributed by atoms with Crippen molar-refractivity contribution in [1.82, 2.24) is 26.2 Å². The predicted molar refractivity (Wildman–Crippen MR) is 256 cm³/mol. The van der Waals surface area contributed by atoms with E-state index in [1.54, 1.807) is 0 Å². The summed E-state index contributed by atoms with van der Waals surface area (Å²) in [4.78, 5) is 27.7. The fourth-order valence-corrected chi connectivity index (χ4v) is 7.87. The maximum Gasteiger partial charge on any atom is 0.221 e. The van der Waals surface area contributed by atoms with E-state index < -0.39 is 0 Å². The lowest BCUT2D eigenvalue weighted by atomic mass is 10.00. The first-order valence-corrected chi connectivity index (χ1v) is 26.0. The average Bonchev–Trinajstić information content (AvgIpc) is 3.24. The summed E-state index contributed by atoms with van der Waals surface area (Å²) in [5.41, 5.74) is 0. The third-order valence-electron chi connectivity index (χ3n) is 11.8. The summed E-state index contributed by atoms with van der Waals surface area (Å²) >= 11 is 0. The van der Waals surface area contributed by atoms with Crippen LogP contribution in [-0.2, 0) is 19.1 Å². The van der Waals surface area contributed by atoms with Crippen molar-refractivity contribution >= 4 is 11.8 Å². The molecule has 0 bridgehead atoms. The van der Waals surface area contributed by atoms with Gasteiger partial charge in [0.1, 0.15) is 0 Å². The van der Waals surface area contributed by atoms with Gasteiger partial charge in [-0.3, -0.25) is 14.5 Å². The second-order valence-corrected chi connectivity index (χ2v) is 17.5. The van der Waals surface area contributed by atoms with Crippen LogP contribution in [0.4, 0.5) is 0 Å². The number of aliphatic hydroxyl groups excluding tert-OH is 1. The Kier molecular flexibility index (Phi) is 47.7. The molecule has 2 amide bonds. The fourth-order valence-electron chi connectivity index (χ4n) is 7.87. The molecule has 10 heteroatoms. The Morgan fingerprint density at radius 3 is 1.07 bits per heavy atom. The van der Waals surface area contributed by atoms with Crippen LogP contribution in [0, 0.1) is 0 Å². The van der Waals surface area contributed by atoms with Gasteiger partial charge in [0.25, 0.3) is 0 Å². The minimum Gasteiger partial charge on any atom is -0.395 e. The Hall–Kier alpha value is -1.30. The zero-order chi connectivity index (χ0) is 43.8. The summed E-state index contributed by atoms with van der Waals surface area (Å²) in [5.74, 6) is 0.318. The van der Waals surface area contributed by atoms with Crippen LogP contribution >= 0.6 is 0 Å². The van der Waals surface area contributed by atoms with Crippen molar-refractivity contribution in [2.45, 2.75) is 232 Å². The third kappa shape index (κ3) is 43.4. The molecule has 0 aromatic rings. The number of ether oxygens (including phenoxy) is 2. The summed E-state index contributed by atoms with van der Waals surface area (Å²) < 4.78 is 11.7. The summed E-state index contributed by atoms with van der Waals surface area (Å²) in [6, 6.07) is 0.618. The van der Waals surface area contributed by atoms with Gasteiger partial charge in [-0.2, -0.15) is 0 Å². The van der Waals surface area contributed by atoms with E-state index >= 15 is 0 Å². The molecule has 0 aliphatic rings. The highest BCUT2D eigenvalue weighted by atomic mass is 16.5. The molecular weight excluding hydrogens is 751 g/mol. The minimum absolute atomic E-state index is 0.102. The summed E-state index contributed by atoms with van der Waals surface area (Å²) in [7, 11) is 0. The monoisotopic (exact) mass is 854 g/mol. The second kappa shape index (κ2) is 48.7. The first-order valence-electron chi connectivity index (χ1n) is 26.0. The molecule has 0 rings (SSSR count). The quantitative estimate of drug-likeness (QED) is 0.0384. The molecule has 0 aliphatic carbocycles. The zero-order valence-electron chi connectivity index (χ0n) is 40.4. The van der Waals surface area contributed by atoms with E-state index in [0.29, 0.717) is 84.1 Å². The van der Waals surface area contributed by atoms with Crippen molar-refractivity contribution in [3.05, 3.63) is 0 Å². The Morgan fingerprint density at radius 1 is 0.433 bits per heavy atom. The molecule has 0 heterocycles. The standard InChI is InChI=1S/C50H103N5O5/c1-5-9-13-17-21-25-29-47(30-26-22-18-14-10-6-2)53-49(57)33-35-51-37-43-59-45-40-55(39-42-56)41-46-60-44-38-52-36-34-50(58)54-48(31-27-23-19-15-11-7-3)32-28-24-20-16-12-8-4/h47-48,51-52,56H,5-46H2,1-4H3,(H,53,57)(H,54,58). The molecule has 358 valence electrons. The van der Waals surface area contributed by atoms with Crippen LogP contribution < -0.4 is 21.3 Å². The van der Waals surface area contributed by atoms with Gasteiger partial charge in [-0.05, 0) is 25.7 Å². The molecule has 5 N–H and O–H groups in total. The Labute approximate surface area is 372 Å². The average molecular weight is 854 g/mol. The Balaban J connectivity index is 4.13. The maximum atomic E-state index is 12.8. The van der Waals surface area contributed by atoms with Crippen molar-refractivity contribution in [3.8, 4) is 0 Å². The molecule has 0 aromatic carbocycles. The number of rotatable bonds is 50. The van der Waals surface area contributed by atoms with E-state index in [-0.39, 0.29) is 18.4 Å². The lowest BCUT2D eigenvalue weighted by Crippen LogP contribution is -2.37. The normalized spacial score (nSPS) is 11.7. The summed E-state index contributed by atoms with van der Waals surface area (Å²) in [6.45, 7) is 16.3. The van der Waals surface area contributed by atoms with Crippen molar-refractivity contribution < 1.29 is 24.2 Å². The first kappa shape index (κ1) is 58.7. The van der Waals surface area contributed by atoms with Gasteiger partial charge in [0, 0.05) is 70.7 Å². The molecule has 0 spiro atoms. The SMILES string of the molecule is CCCCCCCCC(CCCCCCCC)NC(=O)CCNCCOCCN(CCO)CCOCCNCCC(=O)NC(CCCCCCCC)CCCCCCCC. The highest BCUT2D eigenvalue weighted by Crippen LogP contribution is 2.16. The minimum atomic E-state index is 0.102. The van der Waals surface area contributed by atoms with Crippen molar-refractivity contribution in [1.29, 1.82) is 0 Å². The predicted octanol–water partition coefficient (Wildman–Crippen LogP) is 10.2. The van der Waals surface area contributed by atoms with Crippen LogP contribution in [-0.4, -0.2) is 113 Å². The maximum absolute atomic E-state index is 12.8. The zero-order valence-corrected chi connectivity index (χ0v) is 40.4. The molecule has 60 heavy (non-hydrogen) atoms. The summed E-state index contributed by atoms with van der Waals surface area (Å²) in [6.07, 6.45) is 36.3. The molecule has 0 saturated heterocycles. The molecular formula is C50H103N5O5. The molecule has 0 unspecified atom stereocenters. The Morgan fingerprint density at radius 2 is 0.750 bits per heavy atom. The van der Waals surface area contributed by atoms with E-state index in [1.807, 2.05) is 0 Å². The molecule has 0 radical (unpaired) electrons. The molecule has 0 fully saturated rings. The van der Waals surface area contributed by atoms with E-state index in [4.69, 9.17) is 9.47 Å². The van der Waals surface area contributed by atoms with Gasteiger partial charge in [-0.15, -0.1) is 0 Å². The number of unbranched alkanes of at least 4 members (excludes halogenated alkanes) is 20. The highest BCUT2D eigenvalue weighted by molar-refractivity contribution is 5.76. The molecule has 0 saturated carbocycles. The largest absolute Gasteiger partial charge is 0.395 e. The molecule has 0 atom stereocenters. The molecule has 0 aromatic heterocycles. The Bertz CT molecular complexity index is 786. The highest BCUT2D eigenvalue weighted by Gasteiger charge is 2.14. The lowest BCUT2D eigenvalue weighted by molar-refractivity contribution is -0.122. The second-order valence-electron chi connectivity index (χ2n) is 17.5.